The number of alkyl halides is 3. The van der Waals surface area contributed by atoms with Crippen molar-refractivity contribution in [3.8, 4) is 22.7 Å². The molecule has 1 fully saturated rings. The summed E-state index contributed by atoms with van der Waals surface area (Å²) in [6, 6.07) is 8.49. The number of carbonyl (C=O) groups is 1. The van der Waals surface area contributed by atoms with Gasteiger partial charge in [0.15, 0.2) is 0 Å². The summed E-state index contributed by atoms with van der Waals surface area (Å²) in [6.45, 7) is 0.140. The molecule has 0 radical (unpaired) electrons. The zero-order chi connectivity index (χ0) is 23.6. The summed E-state index contributed by atoms with van der Waals surface area (Å²) in [6.07, 6.45) is -2.90. The van der Waals surface area contributed by atoms with Crippen molar-refractivity contribution in [2.24, 2.45) is 0 Å². The highest BCUT2D eigenvalue weighted by Crippen LogP contribution is 2.26. The van der Waals surface area contributed by atoms with Gasteiger partial charge in [-0.1, -0.05) is 0 Å². The van der Waals surface area contributed by atoms with E-state index in [0.717, 1.165) is 16.8 Å². The molecule has 9 nitrogen and oxygen atoms in total. The zero-order valence-corrected chi connectivity index (χ0v) is 16.8. The summed E-state index contributed by atoms with van der Waals surface area (Å²) in [5.74, 6) is -1.19. The predicted octanol–water partition coefficient (Wildman–Crippen LogP) is 1.68. The van der Waals surface area contributed by atoms with Crippen LogP contribution in [-0.2, 0) is 4.74 Å². The third-order valence-electron chi connectivity index (χ3n) is 4.80. The molecule has 3 aromatic rings. The molecule has 0 aliphatic carbocycles. The summed E-state index contributed by atoms with van der Waals surface area (Å²) < 4.78 is 47.3. The van der Waals surface area contributed by atoms with Crippen molar-refractivity contribution in [2.75, 3.05) is 13.2 Å². The molecule has 4 rings (SSSR count). The predicted molar refractivity (Wildman–Crippen MR) is 108 cm³/mol. The third kappa shape index (κ3) is 5.18. The summed E-state index contributed by atoms with van der Waals surface area (Å²) >= 11 is 0. The van der Waals surface area contributed by atoms with E-state index in [0.29, 0.717) is 5.56 Å². The second-order valence-corrected chi connectivity index (χ2v) is 7.13. The Balaban J connectivity index is 1.75. The Kier molecular flexibility index (Phi) is 6.11. The number of amides is 1. The first kappa shape index (κ1) is 22.4. The van der Waals surface area contributed by atoms with Crippen molar-refractivity contribution in [1.29, 1.82) is 0 Å². The molecule has 0 unspecified atom stereocenters. The lowest BCUT2D eigenvalue weighted by molar-refractivity contribution is -0.274. The summed E-state index contributed by atoms with van der Waals surface area (Å²) in [7, 11) is 0. The summed E-state index contributed by atoms with van der Waals surface area (Å²) in [5.41, 5.74) is -0.265. The van der Waals surface area contributed by atoms with E-state index >= 15 is 0 Å². The highest BCUT2D eigenvalue weighted by molar-refractivity contribution is 5.95. The number of carbonyl (C=O) groups excluding carboxylic acids is 1. The SMILES string of the molecule is O=C(N[C@H]1COC[C@H]1O)c1cc(-c2ccc(OC(F)(F)F)cc2)nn(-c2cccnc2)c1=O. The van der Waals surface area contributed by atoms with Crippen LogP contribution >= 0.6 is 0 Å². The molecular weight excluding hydrogens is 445 g/mol. The van der Waals surface area contributed by atoms with Crippen molar-refractivity contribution in [3.63, 3.8) is 0 Å². The van der Waals surface area contributed by atoms with Gasteiger partial charge in [0.2, 0.25) is 0 Å². The number of nitrogens with one attached hydrogen (secondary N) is 1. The van der Waals surface area contributed by atoms with E-state index in [4.69, 9.17) is 4.74 Å². The minimum Gasteiger partial charge on any atom is -0.406 e. The van der Waals surface area contributed by atoms with Gasteiger partial charge in [0.05, 0.1) is 42.9 Å². The first-order chi connectivity index (χ1) is 15.7. The monoisotopic (exact) mass is 462 g/mol. The Morgan fingerprint density at radius 3 is 2.58 bits per heavy atom. The first-order valence-electron chi connectivity index (χ1n) is 9.69. The molecule has 172 valence electrons. The Labute approximate surface area is 184 Å². The molecule has 2 aromatic heterocycles. The molecule has 0 saturated carbocycles. The van der Waals surface area contributed by atoms with Gasteiger partial charge in [-0.2, -0.15) is 9.78 Å². The van der Waals surface area contributed by atoms with Crippen LogP contribution < -0.4 is 15.6 Å². The number of aliphatic hydroxyl groups excluding tert-OH is 1. The smallest absolute Gasteiger partial charge is 0.406 e. The van der Waals surface area contributed by atoms with Gasteiger partial charge in [-0.3, -0.25) is 14.6 Å². The minimum absolute atomic E-state index is 0.0544. The van der Waals surface area contributed by atoms with Gasteiger partial charge >= 0.3 is 6.36 Å². The molecular formula is C21H17F3N4O5. The van der Waals surface area contributed by atoms with Gasteiger partial charge in [-0.05, 0) is 42.5 Å². The van der Waals surface area contributed by atoms with Crippen LogP contribution in [0.3, 0.4) is 0 Å². The second kappa shape index (κ2) is 9.00. The van der Waals surface area contributed by atoms with E-state index in [1.165, 1.54) is 30.6 Å². The molecule has 2 atom stereocenters. The van der Waals surface area contributed by atoms with Crippen LogP contribution in [0, 0.1) is 0 Å². The maximum Gasteiger partial charge on any atom is 0.573 e. The number of halogens is 3. The van der Waals surface area contributed by atoms with Crippen LogP contribution in [0.4, 0.5) is 13.2 Å². The number of nitrogens with zero attached hydrogens (tertiary/aromatic N) is 3. The third-order valence-corrected chi connectivity index (χ3v) is 4.80. The molecule has 12 heteroatoms. The van der Waals surface area contributed by atoms with Crippen LogP contribution in [0.5, 0.6) is 5.75 Å². The molecule has 1 aliphatic heterocycles. The van der Waals surface area contributed by atoms with Crippen LogP contribution in [0.2, 0.25) is 0 Å². The summed E-state index contributed by atoms with van der Waals surface area (Å²) in [4.78, 5) is 29.8. The molecule has 1 saturated heterocycles. The minimum atomic E-state index is -4.84. The first-order valence-corrected chi connectivity index (χ1v) is 9.69. The lowest BCUT2D eigenvalue weighted by Crippen LogP contribution is -2.44. The number of pyridine rings is 1. The topological polar surface area (TPSA) is 116 Å². The van der Waals surface area contributed by atoms with Gasteiger partial charge in [0.25, 0.3) is 11.5 Å². The molecule has 2 N–H and O–H groups in total. The Morgan fingerprint density at radius 2 is 1.97 bits per heavy atom. The van der Waals surface area contributed by atoms with Crippen molar-refractivity contribution < 1.29 is 32.5 Å². The zero-order valence-electron chi connectivity index (χ0n) is 16.8. The fourth-order valence-electron chi connectivity index (χ4n) is 3.21. The van der Waals surface area contributed by atoms with Gasteiger partial charge in [0.1, 0.15) is 11.3 Å². The van der Waals surface area contributed by atoms with E-state index < -0.39 is 35.7 Å². The van der Waals surface area contributed by atoms with E-state index in [1.807, 2.05) is 0 Å². The van der Waals surface area contributed by atoms with E-state index in [9.17, 15) is 27.9 Å². The number of benzene rings is 1. The molecule has 0 spiro atoms. The number of hydrogen-bond acceptors (Lipinski definition) is 7. The normalized spacial score (nSPS) is 18.2. The number of aliphatic hydroxyl groups is 1. The quantitative estimate of drug-likeness (QED) is 0.593. The van der Waals surface area contributed by atoms with Crippen molar-refractivity contribution in [2.45, 2.75) is 18.5 Å². The van der Waals surface area contributed by atoms with Crippen LogP contribution in [0.15, 0.2) is 59.7 Å². The van der Waals surface area contributed by atoms with E-state index in [-0.39, 0.29) is 30.2 Å². The van der Waals surface area contributed by atoms with Crippen molar-refractivity contribution in [1.82, 2.24) is 20.1 Å². The fourth-order valence-corrected chi connectivity index (χ4v) is 3.21. The van der Waals surface area contributed by atoms with Crippen LogP contribution in [0.25, 0.3) is 16.9 Å². The Bertz CT molecular complexity index is 1200. The summed E-state index contributed by atoms with van der Waals surface area (Å²) in [5, 5.41) is 16.7. The largest absolute Gasteiger partial charge is 0.573 e. The van der Waals surface area contributed by atoms with Crippen LogP contribution in [0.1, 0.15) is 10.4 Å². The van der Waals surface area contributed by atoms with E-state index in [1.54, 1.807) is 12.1 Å². The van der Waals surface area contributed by atoms with Gasteiger partial charge in [0, 0.05) is 11.8 Å². The Hall–Kier alpha value is -3.77. The molecule has 33 heavy (non-hydrogen) atoms. The number of aromatic nitrogens is 3. The van der Waals surface area contributed by atoms with Crippen LogP contribution in [-0.4, -0.2) is 57.5 Å². The van der Waals surface area contributed by atoms with Gasteiger partial charge in [-0.25, -0.2) is 0 Å². The molecule has 1 amide bonds. The van der Waals surface area contributed by atoms with Crippen molar-refractivity contribution in [3.05, 3.63) is 70.8 Å². The van der Waals surface area contributed by atoms with E-state index in [2.05, 4.69) is 20.1 Å². The maximum absolute atomic E-state index is 13.0. The standard InChI is InChI=1S/C21H17F3N4O5/c22-21(23,24)33-14-5-3-12(4-6-14)16-8-15(19(30)26-17-10-32-11-18(17)29)20(31)28(27-16)13-2-1-7-25-9-13/h1-9,17-18,29H,10-11H2,(H,26,30)/t17-,18+/m0/s1. The van der Waals surface area contributed by atoms with Crippen molar-refractivity contribution >= 4 is 5.91 Å². The maximum atomic E-state index is 13.0. The van der Waals surface area contributed by atoms with Gasteiger partial charge in [-0.15, -0.1) is 13.2 Å². The second-order valence-electron chi connectivity index (χ2n) is 7.13. The lowest BCUT2D eigenvalue weighted by Gasteiger charge is -2.16. The molecule has 1 aromatic carbocycles. The number of rotatable bonds is 5. The lowest BCUT2D eigenvalue weighted by atomic mass is 10.1. The van der Waals surface area contributed by atoms with Gasteiger partial charge < -0.3 is 19.9 Å². The highest BCUT2D eigenvalue weighted by Gasteiger charge is 2.31. The average Bonchev–Trinajstić information content (AvgIpc) is 3.18. The Morgan fingerprint density at radius 1 is 1.21 bits per heavy atom. The molecule has 1 aliphatic rings. The fraction of sp³-hybridized carbons (Fsp3) is 0.238. The number of hydrogen-bond donors (Lipinski definition) is 2. The molecule has 0 bridgehead atoms. The number of ether oxygens (including phenoxy) is 2. The average molecular weight is 462 g/mol. The molecule has 3 heterocycles. The highest BCUT2D eigenvalue weighted by atomic mass is 19.4.